The van der Waals surface area contributed by atoms with Crippen LogP contribution < -0.4 is 9.88 Å². The van der Waals surface area contributed by atoms with Crippen molar-refractivity contribution < 1.29 is 23.6 Å². The number of nitrogens with zero attached hydrogens (tertiary/aromatic N) is 5. The molecule has 0 aromatic carbocycles. The van der Waals surface area contributed by atoms with Gasteiger partial charge in [-0.25, -0.2) is 24.3 Å². The van der Waals surface area contributed by atoms with E-state index in [4.69, 9.17) is 9.47 Å². The Morgan fingerprint density at radius 2 is 2.32 bits per heavy atom. The molecule has 1 N–H and O–H groups in total. The van der Waals surface area contributed by atoms with Crippen molar-refractivity contribution in [1.29, 1.82) is 0 Å². The van der Waals surface area contributed by atoms with Crippen LogP contribution in [0.3, 0.4) is 0 Å². The van der Waals surface area contributed by atoms with Gasteiger partial charge in [-0.05, 0) is 18.9 Å². The third kappa shape index (κ3) is 3.54. The first-order chi connectivity index (χ1) is 13.7. The SMILES string of the molecule is C[n+]1cccc(C(=O)OC[C@@H]2CC[C@H](n3cnc4c(NC=O)ncnc43)O2)c1. The molecule has 4 heterocycles. The van der Waals surface area contributed by atoms with Gasteiger partial charge in [0.25, 0.3) is 0 Å². The molecule has 3 aromatic rings. The zero-order valence-corrected chi connectivity index (χ0v) is 15.2. The van der Waals surface area contributed by atoms with Gasteiger partial charge in [0.1, 0.15) is 31.8 Å². The normalized spacial score (nSPS) is 18.9. The predicted molar refractivity (Wildman–Crippen MR) is 96.1 cm³/mol. The Morgan fingerprint density at radius 3 is 3.14 bits per heavy atom. The van der Waals surface area contributed by atoms with E-state index in [2.05, 4.69) is 20.3 Å². The van der Waals surface area contributed by atoms with Gasteiger partial charge in [0, 0.05) is 6.07 Å². The Kier molecular flexibility index (Phi) is 4.94. The van der Waals surface area contributed by atoms with Gasteiger partial charge < -0.3 is 14.8 Å². The molecule has 2 atom stereocenters. The topological polar surface area (TPSA) is 112 Å². The summed E-state index contributed by atoms with van der Waals surface area (Å²) in [5.41, 5.74) is 1.55. The van der Waals surface area contributed by atoms with E-state index in [9.17, 15) is 9.59 Å². The zero-order chi connectivity index (χ0) is 19.5. The van der Waals surface area contributed by atoms with Gasteiger partial charge >= 0.3 is 5.97 Å². The monoisotopic (exact) mass is 383 g/mol. The lowest BCUT2D eigenvalue weighted by Crippen LogP contribution is -2.28. The van der Waals surface area contributed by atoms with Crippen LogP contribution in [0.4, 0.5) is 5.82 Å². The number of esters is 1. The molecule has 3 aromatic heterocycles. The highest BCUT2D eigenvalue weighted by Crippen LogP contribution is 2.31. The number of nitrogens with one attached hydrogen (secondary N) is 1. The van der Waals surface area contributed by atoms with Gasteiger partial charge in [0.05, 0.1) is 12.4 Å². The first-order valence-electron chi connectivity index (χ1n) is 8.81. The summed E-state index contributed by atoms with van der Waals surface area (Å²) in [4.78, 5) is 35.4. The van der Waals surface area contributed by atoms with Gasteiger partial charge in [-0.2, -0.15) is 0 Å². The number of carbonyl (C=O) groups is 2. The van der Waals surface area contributed by atoms with E-state index in [0.717, 1.165) is 12.8 Å². The summed E-state index contributed by atoms with van der Waals surface area (Å²) < 4.78 is 15.0. The fourth-order valence-electron chi connectivity index (χ4n) is 3.20. The number of ether oxygens (including phenoxy) is 2. The van der Waals surface area contributed by atoms with E-state index in [0.29, 0.717) is 29.0 Å². The summed E-state index contributed by atoms with van der Waals surface area (Å²) in [6, 6.07) is 3.50. The van der Waals surface area contributed by atoms with Gasteiger partial charge in [0.15, 0.2) is 29.4 Å². The molecule has 1 aliphatic rings. The zero-order valence-electron chi connectivity index (χ0n) is 15.2. The highest BCUT2D eigenvalue weighted by atomic mass is 16.6. The predicted octanol–water partition coefficient (Wildman–Crippen LogP) is 0.754. The first-order valence-corrected chi connectivity index (χ1v) is 8.81. The lowest BCUT2D eigenvalue weighted by molar-refractivity contribution is -0.671. The van der Waals surface area contributed by atoms with Crippen LogP contribution in [0.2, 0.25) is 0 Å². The van der Waals surface area contributed by atoms with Gasteiger partial charge in [-0.15, -0.1) is 0 Å². The van der Waals surface area contributed by atoms with Crippen molar-refractivity contribution in [3.63, 3.8) is 0 Å². The number of fused-ring (bicyclic) bond motifs is 1. The Bertz CT molecular complexity index is 1020. The molecule has 0 saturated carbocycles. The summed E-state index contributed by atoms with van der Waals surface area (Å²) in [5, 5.41) is 2.51. The van der Waals surface area contributed by atoms with Crippen LogP contribution >= 0.6 is 0 Å². The molecule has 28 heavy (non-hydrogen) atoms. The van der Waals surface area contributed by atoms with Gasteiger partial charge in [-0.1, -0.05) is 0 Å². The highest BCUT2D eigenvalue weighted by Gasteiger charge is 2.29. The van der Waals surface area contributed by atoms with Crippen molar-refractivity contribution >= 4 is 29.4 Å². The summed E-state index contributed by atoms with van der Waals surface area (Å²) >= 11 is 0. The molecule has 0 unspecified atom stereocenters. The fraction of sp³-hybridized carbons (Fsp3) is 0.333. The van der Waals surface area contributed by atoms with Gasteiger partial charge in [-0.3, -0.25) is 9.36 Å². The maximum atomic E-state index is 12.2. The standard InChI is InChI=1S/C18H18N6O4/c1-23-6-2-3-12(7-23)18(26)27-8-13-4-5-14(28-13)24-10-21-15-16(22-11-25)19-9-20-17(15)24/h2-3,6-7,9-11,13-14H,4-5,8H2,1H3/p+1/t13-,14+/m0/s1. The third-order valence-corrected chi connectivity index (χ3v) is 4.53. The molecule has 1 aliphatic heterocycles. The second kappa shape index (κ2) is 7.69. The molecule has 10 heteroatoms. The van der Waals surface area contributed by atoms with Crippen molar-refractivity contribution in [2.75, 3.05) is 11.9 Å². The van der Waals surface area contributed by atoms with E-state index >= 15 is 0 Å². The van der Waals surface area contributed by atoms with Crippen molar-refractivity contribution in [2.24, 2.45) is 7.05 Å². The second-order valence-corrected chi connectivity index (χ2v) is 6.46. The maximum absolute atomic E-state index is 12.2. The Balaban J connectivity index is 1.40. The molecular formula is C18H19N6O4+. The van der Waals surface area contributed by atoms with Crippen LogP contribution in [0.15, 0.2) is 37.2 Å². The largest absolute Gasteiger partial charge is 0.459 e. The summed E-state index contributed by atoms with van der Waals surface area (Å²) in [7, 11) is 1.84. The molecule has 0 radical (unpaired) electrons. The number of hydrogen-bond donors (Lipinski definition) is 1. The lowest BCUT2D eigenvalue weighted by Gasteiger charge is -2.15. The van der Waals surface area contributed by atoms with E-state index < -0.39 is 0 Å². The van der Waals surface area contributed by atoms with Gasteiger partial charge in [0.2, 0.25) is 6.41 Å². The maximum Gasteiger partial charge on any atom is 0.344 e. The van der Waals surface area contributed by atoms with Crippen LogP contribution in [0.5, 0.6) is 0 Å². The number of anilines is 1. The second-order valence-electron chi connectivity index (χ2n) is 6.46. The summed E-state index contributed by atoms with van der Waals surface area (Å²) in [5.74, 6) is -0.0353. The number of aromatic nitrogens is 5. The summed E-state index contributed by atoms with van der Waals surface area (Å²) in [6.45, 7) is 0.174. The molecule has 0 spiro atoms. The minimum atomic E-state index is -0.381. The van der Waals surface area contributed by atoms with E-state index in [-0.39, 0.29) is 24.9 Å². The van der Waals surface area contributed by atoms with E-state index in [1.165, 1.54) is 6.33 Å². The van der Waals surface area contributed by atoms with Crippen LogP contribution in [-0.4, -0.2) is 44.6 Å². The number of pyridine rings is 1. The quantitative estimate of drug-likeness (QED) is 0.380. The molecular weight excluding hydrogens is 364 g/mol. The third-order valence-electron chi connectivity index (χ3n) is 4.53. The number of hydrogen-bond acceptors (Lipinski definition) is 7. The fourth-order valence-corrected chi connectivity index (χ4v) is 3.20. The summed E-state index contributed by atoms with van der Waals surface area (Å²) in [6.07, 6.45) is 8.06. The van der Waals surface area contributed by atoms with Crippen molar-refractivity contribution in [2.45, 2.75) is 25.2 Å². The van der Waals surface area contributed by atoms with Crippen molar-refractivity contribution in [1.82, 2.24) is 19.5 Å². The van der Waals surface area contributed by atoms with E-state index in [1.54, 1.807) is 33.8 Å². The highest BCUT2D eigenvalue weighted by molar-refractivity contribution is 5.89. The molecule has 1 fully saturated rings. The number of rotatable bonds is 6. The smallest absolute Gasteiger partial charge is 0.344 e. The number of aryl methyl sites for hydroxylation is 1. The van der Waals surface area contributed by atoms with Crippen LogP contribution in [0, 0.1) is 0 Å². The lowest BCUT2D eigenvalue weighted by atomic mass is 10.2. The number of imidazole rings is 1. The number of carbonyl (C=O) groups excluding carboxylic acids is 2. The molecule has 10 nitrogen and oxygen atoms in total. The Hall–Kier alpha value is -3.40. The number of amides is 1. The minimum Gasteiger partial charge on any atom is -0.459 e. The first kappa shape index (κ1) is 18.0. The average molecular weight is 383 g/mol. The minimum absolute atomic E-state index is 0.174. The van der Waals surface area contributed by atoms with Crippen molar-refractivity contribution in [3.8, 4) is 0 Å². The van der Waals surface area contributed by atoms with Crippen LogP contribution in [0.1, 0.15) is 29.4 Å². The molecule has 0 aliphatic carbocycles. The van der Waals surface area contributed by atoms with Crippen molar-refractivity contribution in [3.05, 3.63) is 42.7 Å². The Morgan fingerprint density at radius 1 is 1.43 bits per heavy atom. The molecule has 0 bridgehead atoms. The molecule has 4 rings (SSSR count). The molecule has 1 amide bonds. The van der Waals surface area contributed by atoms with Crippen LogP contribution in [-0.2, 0) is 21.3 Å². The molecule has 144 valence electrons. The molecule has 1 saturated heterocycles. The average Bonchev–Trinajstić information content (AvgIpc) is 3.33. The van der Waals surface area contributed by atoms with Crippen LogP contribution in [0.25, 0.3) is 11.2 Å². The Labute approximate surface area is 160 Å². The van der Waals surface area contributed by atoms with E-state index in [1.807, 2.05) is 13.2 Å².